The monoisotopic (exact) mass is 439 g/mol. The van der Waals surface area contributed by atoms with Crippen molar-refractivity contribution in [3.05, 3.63) is 70.2 Å². The molecule has 3 amide bonds. The van der Waals surface area contributed by atoms with Crippen LogP contribution in [0.4, 0.5) is 0 Å². The molecular weight excluding hydrogens is 414 g/mol. The highest BCUT2D eigenvalue weighted by Crippen LogP contribution is 2.24. The van der Waals surface area contributed by atoms with Crippen LogP contribution in [0, 0.1) is 0 Å². The van der Waals surface area contributed by atoms with Gasteiger partial charge in [-0.3, -0.25) is 14.4 Å². The lowest BCUT2D eigenvalue weighted by Gasteiger charge is -2.42. The summed E-state index contributed by atoms with van der Waals surface area (Å²) in [6.45, 7) is 1.73. The van der Waals surface area contributed by atoms with Gasteiger partial charge in [-0.25, -0.2) is 0 Å². The van der Waals surface area contributed by atoms with Gasteiger partial charge in [0, 0.05) is 30.2 Å². The van der Waals surface area contributed by atoms with E-state index in [1.807, 2.05) is 36.4 Å². The molecule has 2 fully saturated rings. The maximum atomic E-state index is 12.8. The van der Waals surface area contributed by atoms with Crippen LogP contribution in [0.3, 0.4) is 0 Å². The van der Waals surface area contributed by atoms with Crippen molar-refractivity contribution < 1.29 is 14.4 Å². The fourth-order valence-electron chi connectivity index (χ4n) is 4.22. The van der Waals surface area contributed by atoms with Gasteiger partial charge >= 0.3 is 0 Å². The molecule has 4 rings (SSSR count). The van der Waals surface area contributed by atoms with E-state index in [0.29, 0.717) is 30.2 Å². The lowest BCUT2D eigenvalue weighted by molar-refractivity contribution is -0.158. The van der Waals surface area contributed by atoms with Gasteiger partial charge in [-0.05, 0) is 61.1 Å². The van der Waals surface area contributed by atoms with Crippen molar-refractivity contribution in [2.24, 2.45) is 0 Å². The Kier molecular flexibility index (Phi) is 6.56. The summed E-state index contributed by atoms with van der Waals surface area (Å²) in [4.78, 5) is 41.0. The number of piperidine rings is 1. The normalized spacial score (nSPS) is 18.7. The van der Waals surface area contributed by atoms with E-state index < -0.39 is 0 Å². The number of rotatable bonds is 6. The van der Waals surface area contributed by atoms with E-state index in [4.69, 9.17) is 11.6 Å². The Morgan fingerprint density at radius 1 is 1.00 bits per heavy atom. The second-order valence-electron chi connectivity index (χ2n) is 8.12. The number of hydrogen-bond acceptors (Lipinski definition) is 3. The number of amides is 3. The minimum atomic E-state index is -0.305. The van der Waals surface area contributed by atoms with Gasteiger partial charge in [0.25, 0.3) is 5.91 Å². The lowest BCUT2D eigenvalue weighted by atomic mass is 9.98. The third-order valence-corrected chi connectivity index (χ3v) is 6.20. The Morgan fingerprint density at radius 3 is 2.45 bits per heavy atom. The average molecular weight is 440 g/mol. The number of fused-ring (bicyclic) bond motifs is 1. The minimum Gasteiger partial charge on any atom is -0.352 e. The number of carbonyl (C=O) groups excluding carboxylic acids is 3. The predicted octanol–water partition coefficient (Wildman–Crippen LogP) is 3.04. The second kappa shape index (κ2) is 9.52. The van der Waals surface area contributed by atoms with Gasteiger partial charge in [-0.2, -0.15) is 0 Å². The van der Waals surface area contributed by atoms with Gasteiger partial charge in [0.05, 0.1) is 0 Å². The van der Waals surface area contributed by atoms with Crippen LogP contribution in [0.5, 0.6) is 0 Å². The summed E-state index contributed by atoms with van der Waals surface area (Å²) in [6, 6.07) is 14.5. The van der Waals surface area contributed by atoms with Crippen LogP contribution in [0.1, 0.15) is 40.7 Å². The molecule has 2 aliphatic rings. The van der Waals surface area contributed by atoms with Crippen molar-refractivity contribution in [3.8, 4) is 0 Å². The van der Waals surface area contributed by atoms with E-state index in [0.717, 1.165) is 36.8 Å². The molecule has 2 saturated heterocycles. The molecule has 0 aromatic heterocycles. The van der Waals surface area contributed by atoms with Crippen molar-refractivity contribution in [2.75, 3.05) is 19.6 Å². The molecule has 1 atom stereocenters. The largest absolute Gasteiger partial charge is 0.352 e. The van der Waals surface area contributed by atoms with Crippen LogP contribution < -0.4 is 5.32 Å². The molecule has 6 nitrogen and oxygen atoms in total. The van der Waals surface area contributed by atoms with Gasteiger partial charge in [0.1, 0.15) is 12.6 Å². The molecule has 0 spiro atoms. The molecule has 2 aliphatic heterocycles. The van der Waals surface area contributed by atoms with Crippen molar-refractivity contribution in [1.82, 2.24) is 15.1 Å². The fourth-order valence-corrected chi connectivity index (χ4v) is 4.34. The quantitative estimate of drug-likeness (QED) is 0.752. The van der Waals surface area contributed by atoms with Crippen LogP contribution in [-0.2, 0) is 22.6 Å². The van der Waals surface area contributed by atoms with Crippen LogP contribution in [0.15, 0.2) is 48.5 Å². The molecule has 2 aromatic carbocycles. The van der Waals surface area contributed by atoms with E-state index in [-0.39, 0.29) is 30.3 Å². The first-order chi connectivity index (χ1) is 15.0. The third-order valence-electron chi connectivity index (χ3n) is 5.95. The molecule has 0 radical (unpaired) electrons. The van der Waals surface area contributed by atoms with Gasteiger partial charge in [-0.15, -0.1) is 0 Å². The minimum absolute atomic E-state index is 0.0287. The first kappa shape index (κ1) is 21.4. The van der Waals surface area contributed by atoms with E-state index in [2.05, 4.69) is 5.32 Å². The van der Waals surface area contributed by atoms with Gasteiger partial charge < -0.3 is 15.1 Å². The molecule has 2 aromatic rings. The smallest absolute Gasteiger partial charge is 0.251 e. The highest BCUT2D eigenvalue weighted by Gasteiger charge is 2.40. The summed E-state index contributed by atoms with van der Waals surface area (Å²) in [6.07, 6.45) is 3.43. The highest BCUT2D eigenvalue weighted by atomic mass is 35.5. The number of nitrogens with zero attached hydrogens (tertiary/aromatic N) is 2. The predicted molar refractivity (Wildman–Crippen MR) is 119 cm³/mol. The molecule has 7 heteroatoms. The van der Waals surface area contributed by atoms with E-state index in [1.165, 1.54) is 0 Å². The molecule has 1 N–H and O–H groups in total. The fraction of sp³-hybridized carbons (Fsp3) is 0.375. The Morgan fingerprint density at radius 2 is 1.71 bits per heavy atom. The van der Waals surface area contributed by atoms with E-state index >= 15 is 0 Å². The van der Waals surface area contributed by atoms with Gasteiger partial charge in [-0.1, -0.05) is 35.9 Å². The molecular formula is C24H26ClN3O3. The summed E-state index contributed by atoms with van der Waals surface area (Å²) in [5, 5.41) is 3.61. The first-order valence-corrected chi connectivity index (χ1v) is 11.1. The zero-order valence-corrected chi connectivity index (χ0v) is 18.1. The number of carbonyl (C=O) groups is 3. The Labute approximate surface area is 187 Å². The maximum absolute atomic E-state index is 12.8. The standard InChI is InChI=1S/C24H26ClN3O3/c25-20-10-6-17(7-11-20)12-13-26-23(30)19-8-4-18(5-9-19)15-27-16-22(29)28-14-2-1-3-21(28)24(27)31/h4-11,21H,1-3,12-16H2,(H,26,30)/t21-/m0/s1. The van der Waals surface area contributed by atoms with Crippen LogP contribution in [-0.4, -0.2) is 53.2 Å². The molecule has 0 bridgehead atoms. The SMILES string of the molecule is O=C(NCCc1ccc(Cl)cc1)c1ccc(CN2CC(=O)N3CCCC[C@H]3C2=O)cc1. The summed E-state index contributed by atoms with van der Waals surface area (Å²) >= 11 is 5.89. The zero-order valence-electron chi connectivity index (χ0n) is 17.4. The topological polar surface area (TPSA) is 69.7 Å². The van der Waals surface area contributed by atoms with Crippen molar-refractivity contribution in [2.45, 2.75) is 38.3 Å². The molecule has 2 heterocycles. The van der Waals surface area contributed by atoms with Gasteiger partial charge in [0.15, 0.2) is 0 Å². The maximum Gasteiger partial charge on any atom is 0.251 e. The van der Waals surface area contributed by atoms with Crippen LogP contribution in [0.2, 0.25) is 5.02 Å². The van der Waals surface area contributed by atoms with E-state index in [1.54, 1.807) is 21.9 Å². The zero-order chi connectivity index (χ0) is 21.8. The number of nitrogens with one attached hydrogen (secondary N) is 1. The molecule has 0 aliphatic carbocycles. The number of benzene rings is 2. The highest BCUT2D eigenvalue weighted by molar-refractivity contribution is 6.30. The van der Waals surface area contributed by atoms with Gasteiger partial charge in [0.2, 0.25) is 11.8 Å². The number of halogens is 1. The van der Waals surface area contributed by atoms with Crippen molar-refractivity contribution in [1.29, 1.82) is 0 Å². The van der Waals surface area contributed by atoms with Crippen molar-refractivity contribution in [3.63, 3.8) is 0 Å². The van der Waals surface area contributed by atoms with Crippen LogP contribution >= 0.6 is 11.6 Å². The summed E-state index contributed by atoms with van der Waals surface area (Å²) in [7, 11) is 0. The first-order valence-electron chi connectivity index (χ1n) is 10.7. The molecule has 0 saturated carbocycles. The van der Waals surface area contributed by atoms with Crippen LogP contribution in [0.25, 0.3) is 0 Å². The molecule has 162 valence electrons. The summed E-state index contributed by atoms with van der Waals surface area (Å²) in [5.41, 5.74) is 2.58. The van der Waals surface area contributed by atoms with Crippen molar-refractivity contribution >= 4 is 29.3 Å². The lowest BCUT2D eigenvalue weighted by Crippen LogP contribution is -2.60. The second-order valence-corrected chi connectivity index (χ2v) is 8.56. The Bertz CT molecular complexity index is 959. The van der Waals surface area contributed by atoms with E-state index in [9.17, 15) is 14.4 Å². The summed E-state index contributed by atoms with van der Waals surface area (Å²) < 4.78 is 0. The average Bonchev–Trinajstić information content (AvgIpc) is 2.79. The molecule has 31 heavy (non-hydrogen) atoms. The third kappa shape index (κ3) is 5.07. The number of hydrogen-bond donors (Lipinski definition) is 1. The Balaban J connectivity index is 1.30. The summed E-state index contributed by atoms with van der Waals surface area (Å²) in [5.74, 6) is -0.0770. The Hall–Kier alpha value is -2.86. The molecule has 0 unspecified atom stereocenters. The number of piperazine rings is 1.